The van der Waals surface area contributed by atoms with Gasteiger partial charge in [-0.05, 0) is 71.7 Å². The smallest absolute Gasteiger partial charge is 0.407 e. The minimum absolute atomic E-state index is 0.102. The molecule has 1 amide bonds. The third-order valence-electron chi connectivity index (χ3n) is 3.89. The SMILES string of the molecule is Cc1ccc(N)cc1C(C)(CNC(=O)OC(C)(C)C)CC(=O)OC(C)(C)C. The lowest BCUT2D eigenvalue weighted by molar-refractivity contribution is -0.156. The highest BCUT2D eigenvalue weighted by Crippen LogP contribution is 2.32. The minimum atomic E-state index is -0.696. The number of ether oxygens (including phenoxy) is 2. The van der Waals surface area contributed by atoms with Crippen LogP contribution in [0.5, 0.6) is 0 Å². The monoisotopic (exact) mass is 378 g/mol. The van der Waals surface area contributed by atoms with Crippen molar-refractivity contribution in [2.45, 2.75) is 78.4 Å². The quantitative estimate of drug-likeness (QED) is 0.595. The molecule has 6 heteroatoms. The molecule has 1 atom stereocenters. The van der Waals surface area contributed by atoms with Crippen LogP contribution < -0.4 is 11.1 Å². The minimum Gasteiger partial charge on any atom is -0.460 e. The van der Waals surface area contributed by atoms with Crippen LogP contribution in [0.4, 0.5) is 10.5 Å². The van der Waals surface area contributed by atoms with E-state index >= 15 is 0 Å². The van der Waals surface area contributed by atoms with Crippen LogP contribution in [-0.2, 0) is 19.7 Å². The first kappa shape index (κ1) is 22.8. The van der Waals surface area contributed by atoms with Gasteiger partial charge in [-0.1, -0.05) is 13.0 Å². The summed E-state index contributed by atoms with van der Waals surface area (Å²) in [7, 11) is 0. The van der Waals surface area contributed by atoms with Gasteiger partial charge in [-0.25, -0.2) is 4.79 Å². The number of benzene rings is 1. The number of esters is 1. The fourth-order valence-corrected chi connectivity index (χ4v) is 2.82. The molecule has 0 fully saturated rings. The van der Waals surface area contributed by atoms with E-state index in [2.05, 4.69) is 5.32 Å². The third-order valence-corrected chi connectivity index (χ3v) is 3.89. The summed E-state index contributed by atoms with van der Waals surface area (Å²) < 4.78 is 10.8. The summed E-state index contributed by atoms with van der Waals surface area (Å²) in [4.78, 5) is 24.6. The molecule has 0 aliphatic heterocycles. The number of hydrogen-bond donors (Lipinski definition) is 2. The molecular formula is C21H34N2O4. The number of aryl methyl sites for hydroxylation is 1. The van der Waals surface area contributed by atoms with E-state index in [9.17, 15) is 9.59 Å². The van der Waals surface area contributed by atoms with E-state index in [1.165, 1.54) is 0 Å². The van der Waals surface area contributed by atoms with Crippen molar-refractivity contribution in [2.75, 3.05) is 12.3 Å². The van der Waals surface area contributed by atoms with Gasteiger partial charge in [-0.15, -0.1) is 0 Å². The lowest BCUT2D eigenvalue weighted by Crippen LogP contribution is -2.43. The maximum atomic E-state index is 12.5. The van der Waals surface area contributed by atoms with Crippen LogP contribution in [0.1, 0.15) is 66.0 Å². The number of nitrogen functional groups attached to an aromatic ring is 1. The van der Waals surface area contributed by atoms with Crippen molar-refractivity contribution < 1.29 is 19.1 Å². The second-order valence-corrected chi connectivity index (χ2v) is 9.25. The fourth-order valence-electron chi connectivity index (χ4n) is 2.82. The van der Waals surface area contributed by atoms with E-state index < -0.39 is 22.7 Å². The molecule has 3 N–H and O–H groups in total. The second kappa shape index (κ2) is 8.19. The molecule has 0 aromatic heterocycles. The highest BCUT2D eigenvalue weighted by Gasteiger charge is 2.34. The van der Waals surface area contributed by atoms with Crippen molar-refractivity contribution in [3.8, 4) is 0 Å². The summed E-state index contributed by atoms with van der Waals surface area (Å²) in [5.41, 5.74) is 6.57. The average Bonchev–Trinajstić information content (AvgIpc) is 2.44. The zero-order valence-corrected chi connectivity index (χ0v) is 17.9. The van der Waals surface area contributed by atoms with Gasteiger partial charge in [0.05, 0.1) is 6.42 Å². The van der Waals surface area contributed by atoms with Crippen molar-refractivity contribution in [3.63, 3.8) is 0 Å². The molecule has 0 spiro atoms. The largest absolute Gasteiger partial charge is 0.460 e. The Labute approximate surface area is 162 Å². The van der Waals surface area contributed by atoms with Crippen LogP contribution in [0.15, 0.2) is 18.2 Å². The molecule has 27 heavy (non-hydrogen) atoms. The number of hydrogen-bond acceptors (Lipinski definition) is 5. The third kappa shape index (κ3) is 7.89. The lowest BCUT2D eigenvalue weighted by Gasteiger charge is -2.33. The highest BCUT2D eigenvalue weighted by molar-refractivity contribution is 5.73. The molecule has 0 bridgehead atoms. The zero-order chi connectivity index (χ0) is 21.0. The molecule has 152 valence electrons. The standard InChI is InChI=1S/C21H34N2O4/c1-14-9-10-15(22)11-16(14)21(8,12-17(24)26-19(2,3)4)13-23-18(25)27-20(5,6)7/h9-11H,12-13,22H2,1-8H3,(H,23,25). The normalized spacial score (nSPS) is 14.2. The lowest BCUT2D eigenvalue weighted by atomic mass is 9.77. The van der Waals surface area contributed by atoms with Gasteiger partial charge in [0.15, 0.2) is 0 Å². The van der Waals surface area contributed by atoms with E-state index in [0.717, 1.165) is 11.1 Å². The molecule has 0 radical (unpaired) electrons. The summed E-state index contributed by atoms with van der Waals surface area (Å²) in [5, 5.41) is 2.78. The number of anilines is 1. The average molecular weight is 379 g/mol. The molecule has 1 aromatic rings. The molecule has 0 saturated heterocycles. The molecule has 0 saturated carbocycles. The summed E-state index contributed by atoms with van der Waals surface area (Å²) in [6.07, 6.45) is -0.427. The van der Waals surface area contributed by atoms with Gasteiger partial charge in [0.25, 0.3) is 0 Å². The Morgan fingerprint density at radius 3 is 2.07 bits per heavy atom. The van der Waals surface area contributed by atoms with Gasteiger partial charge in [0.2, 0.25) is 0 Å². The van der Waals surface area contributed by atoms with Crippen molar-refractivity contribution in [1.82, 2.24) is 5.32 Å². The number of alkyl carbamates (subject to hydrolysis) is 1. The molecule has 0 aliphatic rings. The van der Waals surface area contributed by atoms with E-state index in [1.54, 1.807) is 20.8 Å². The van der Waals surface area contributed by atoms with E-state index in [-0.39, 0.29) is 18.9 Å². The van der Waals surface area contributed by atoms with Crippen LogP contribution in [0.3, 0.4) is 0 Å². The second-order valence-electron chi connectivity index (χ2n) is 9.25. The van der Waals surface area contributed by atoms with Gasteiger partial charge in [0.1, 0.15) is 11.2 Å². The van der Waals surface area contributed by atoms with E-state index in [1.807, 2.05) is 52.8 Å². The molecule has 6 nitrogen and oxygen atoms in total. The van der Waals surface area contributed by atoms with Crippen LogP contribution >= 0.6 is 0 Å². The van der Waals surface area contributed by atoms with Crippen LogP contribution in [0, 0.1) is 6.92 Å². The summed E-state index contributed by atoms with van der Waals surface area (Å²) in [6, 6.07) is 5.57. The van der Waals surface area contributed by atoms with E-state index in [4.69, 9.17) is 15.2 Å². The van der Waals surface area contributed by atoms with Gasteiger partial charge < -0.3 is 20.5 Å². The highest BCUT2D eigenvalue weighted by atomic mass is 16.6. The maximum Gasteiger partial charge on any atom is 0.407 e. The maximum absolute atomic E-state index is 12.5. The Kier molecular flexibility index (Phi) is 6.92. The molecule has 0 heterocycles. The summed E-state index contributed by atoms with van der Waals surface area (Å²) >= 11 is 0. The zero-order valence-electron chi connectivity index (χ0n) is 17.9. The molecule has 0 aliphatic carbocycles. The number of nitrogens with two attached hydrogens (primary N) is 1. The first-order chi connectivity index (χ1) is 12.1. The predicted molar refractivity (Wildman–Crippen MR) is 108 cm³/mol. The predicted octanol–water partition coefficient (Wildman–Crippen LogP) is 4.09. The Hall–Kier alpha value is -2.24. The molecule has 1 unspecified atom stereocenters. The first-order valence-electron chi connectivity index (χ1n) is 9.17. The van der Waals surface area contributed by atoms with E-state index in [0.29, 0.717) is 5.69 Å². The Morgan fingerprint density at radius 2 is 1.56 bits per heavy atom. The van der Waals surface area contributed by atoms with Gasteiger partial charge >= 0.3 is 12.1 Å². The molecule has 1 rings (SSSR count). The summed E-state index contributed by atoms with van der Waals surface area (Å²) in [6.45, 7) is 15.0. The first-order valence-corrected chi connectivity index (χ1v) is 9.17. The topological polar surface area (TPSA) is 90.6 Å². The van der Waals surface area contributed by atoms with Crippen LogP contribution in [0.25, 0.3) is 0 Å². The Morgan fingerprint density at radius 1 is 1.00 bits per heavy atom. The number of nitrogens with one attached hydrogen (secondary N) is 1. The summed E-state index contributed by atoms with van der Waals surface area (Å²) in [5.74, 6) is -0.335. The van der Waals surface area contributed by atoms with Gasteiger partial charge in [0, 0.05) is 17.6 Å². The van der Waals surface area contributed by atoms with Crippen molar-refractivity contribution in [3.05, 3.63) is 29.3 Å². The van der Waals surface area contributed by atoms with Crippen molar-refractivity contribution in [2.24, 2.45) is 0 Å². The van der Waals surface area contributed by atoms with Gasteiger partial charge in [-0.2, -0.15) is 0 Å². The van der Waals surface area contributed by atoms with Gasteiger partial charge in [-0.3, -0.25) is 4.79 Å². The number of amides is 1. The van der Waals surface area contributed by atoms with Crippen LogP contribution in [0.2, 0.25) is 0 Å². The number of rotatable bonds is 5. The number of carbonyl (C=O) groups excluding carboxylic acids is 2. The molecule has 1 aromatic carbocycles. The fraction of sp³-hybridized carbons (Fsp3) is 0.619. The van der Waals surface area contributed by atoms with Crippen molar-refractivity contribution in [1.29, 1.82) is 0 Å². The Balaban J connectivity index is 3.10. The van der Waals surface area contributed by atoms with Crippen LogP contribution in [-0.4, -0.2) is 29.8 Å². The molecular weight excluding hydrogens is 344 g/mol. The van der Waals surface area contributed by atoms with Crippen molar-refractivity contribution >= 4 is 17.7 Å². The number of carbonyl (C=O) groups is 2. The Bertz CT molecular complexity index is 686.